The molecule has 0 saturated heterocycles. The topological polar surface area (TPSA) is 18.5 Å². The van der Waals surface area contributed by atoms with E-state index >= 15 is 0 Å². The van der Waals surface area contributed by atoms with E-state index in [1.165, 1.54) is 0 Å². The Hall–Kier alpha value is -0.980. The van der Waals surface area contributed by atoms with Crippen LogP contribution in [0, 0.1) is 0 Å². The largest absolute Gasteiger partial charge is 0.492 e. The summed E-state index contributed by atoms with van der Waals surface area (Å²) in [7, 11) is 1.66. The van der Waals surface area contributed by atoms with Gasteiger partial charge in [0.2, 0.25) is 0 Å². The van der Waals surface area contributed by atoms with Crippen LogP contribution in [-0.4, -0.2) is 19.3 Å². The Balaban J connectivity index is 2.64. The average Bonchev–Trinajstić information content (AvgIpc) is 2.04. The first-order valence-corrected chi connectivity index (χ1v) is 4.06. The van der Waals surface area contributed by atoms with Crippen LogP contribution in [0.4, 0.5) is 0 Å². The molecule has 0 saturated carbocycles. The monoisotopic (exact) mass is 166 g/mol. The van der Waals surface area contributed by atoms with Gasteiger partial charge in [-0.1, -0.05) is 0 Å². The lowest BCUT2D eigenvalue weighted by Gasteiger charge is -2.19. The van der Waals surface area contributed by atoms with Crippen molar-refractivity contribution in [1.29, 1.82) is 0 Å². The summed E-state index contributed by atoms with van der Waals surface area (Å²) in [6.07, 6.45) is 5.67. The van der Waals surface area contributed by atoms with E-state index in [1.54, 1.807) is 7.11 Å². The molecule has 66 valence electrons. The van der Waals surface area contributed by atoms with Gasteiger partial charge in [-0.3, -0.25) is 0 Å². The zero-order chi connectivity index (χ0) is 8.97. The highest BCUT2D eigenvalue weighted by atomic mass is 16.5. The zero-order valence-corrected chi connectivity index (χ0v) is 7.70. The summed E-state index contributed by atoms with van der Waals surface area (Å²) in [4.78, 5) is 0. The Labute approximate surface area is 73.2 Å². The molecule has 1 atom stereocenters. The van der Waals surface area contributed by atoms with Crippen molar-refractivity contribution in [3.8, 4) is 0 Å². The summed E-state index contributed by atoms with van der Waals surface area (Å²) in [5.74, 6) is 0.853. The standard InChI is InChI=1S/C10H14O2/c1-8(2)12-10-7-5-4-6-9(10)11-3/h5-9H,1-3H3. The fraction of sp³-hybridized carbons (Fsp3) is 0.500. The normalized spacial score (nSPS) is 21.3. The number of rotatable bonds is 3. The van der Waals surface area contributed by atoms with Gasteiger partial charge in [-0.2, -0.15) is 0 Å². The molecular weight excluding hydrogens is 152 g/mol. The third kappa shape index (κ3) is 2.26. The molecule has 0 aliphatic heterocycles. The molecule has 0 spiro atoms. The van der Waals surface area contributed by atoms with Gasteiger partial charge < -0.3 is 9.47 Å². The third-order valence-corrected chi connectivity index (χ3v) is 1.50. The Kier molecular flexibility index (Phi) is 3.15. The predicted molar refractivity (Wildman–Crippen MR) is 47.8 cm³/mol. The minimum Gasteiger partial charge on any atom is -0.492 e. The molecule has 1 aliphatic carbocycles. The van der Waals surface area contributed by atoms with Crippen molar-refractivity contribution in [2.45, 2.75) is 26.1 Å². The van der Waals surface area contributed by atoms with Crippen molar-refractivity contribution in [1.82, 2.24) is 0 Å². The molecule has 0 aromatic rings. The molecule has 2 nitrogen and oxygen atoms in total. The van der Waals surface area contributed by atoms with Crippen LogP contribution >= 0.6 is 0 Å². The van der Waals surface area contributed by atoms with Crippen LogP contribution in [0.1, 0.15) is 13.8 Å². The van der Waals surface area contributed by atoms with E-state index in [9.17, 15) is 0 Å². The molecule has 0 heterocycles. The van der Waals surface area contributed by atoms with Crippen LogP contribution in [0.25, 0.3) is 0 Å². The van der Waals surface area contributed by atoms with Crippen molar-refractivity contribution in [3.63, 3.8) is 0 Å². The van der Waals surface area contributed by atoms with Gasteiger partial charge in [0.15, 0.2) is 0 Å². The van der Waals surface area contributed by atoms with Crippen LogP contribution < -0.4 is 0 Å². The molecule has 0 radical (unpaired) electrons. The maximum absolute atomic E-state index is 5.53. The second-order valence-electron chi connectivity index (χ2n) is 2.89. The molecule has 0 bridgehead atoms. The molecule has 1 rings (SSSR count). The molecule has 0 fully saturated rings. The first-order valence-electron chi connectivity index (χ1n) is 4.06. The maximum Gasteiger partial charge on any atom is 0.140 e. The predicted octanol–water partition coefficient (Wildman–Crippen LogP) is 2.04. The highest BCUT2D eigenvalue weighted by molar-refractivity contribution is 5.21. The lowest BCUT2D eigenvalue weighted by molar-refractivity contribution is 0.0634. The van der Waals surface area contributed by atoms with Gasteiger partial charge in [-0.15, -0.1) is 5.73 Å². The summed E-state index contributed by atoms with van der Waals surface area (Å²) in [6.45, 7) is 3.99. The number of allylic oxidation sites excluding steroid dienone is 1. The Morgan fingerprint density at radius 2 is 2.25 bits per heavy atom. The smallest absolute Gasteiger partial charge is 0.140 e. The fourth-order valence-corrected chi connectivity index (χ4v) is 1.01. The fourth-order valence-electron chi connectivity index (χ4n) is 1.01. The summed E-state index contributed by atoms with van der Waals surface area (Å²) in [5, 5.41) is 0. The van der Waals surface area contributed by atoms with Gasteiger partial charge in [-0.25, -0.2) is 0 Å². The molecule has 12 heavy (non-hydrogen) atoms. The van der Waals surface area contributed by atoms with Gasteiger partial charge in [0.25, 0.3) is 0 Å². The highest BCUT2D eigenvalue weighted by Gasteiger charge is 2.13. The minimum absolute atomic E-state index is 0.0719. The van der Waals surface area contributed by atoms with Crippen LogP contribution in [0.5, 0.6) is 0 Å². The summed E-state index contributed by atoms with van der Waals surface area (Å²) < 4.78 is 10.7. The molecule has 0 aromatic carbocycles. The number of hydrogen-bond donors (Lipinski definition) is 0. The molecule has 0 amide bonds. The maximum atomic E-state index is 5.53. The van der Waals surface area contributed by atoms with E-state index in [0.29, 0.717) is 0 Å². The average molecular weight is 166 g/mol. The Morgan fingerprint density at radius 1 is 1.50 bits per heavy atom. The lowest BCUT2D eigenvalue weighted by Crippen LogP contribution is -2.17. The second-order valence-corrected chi connectivity index (χ2v) is 2.89. The van der Waals surface area contributed by atoms with Crippen molar-refractivity contribution < 1.29 is 9.47 Å². The van der Waals surface area contributed by atoms with E-state index < -0.39 is 0 Å². The van der Waals surface area contributed by atoms with Gasteiger partial charge >= 0.3 is 0 Å². The number of hydrogen-bond acceptors (Lipinski definition) is 2. The first-order chi connectivity index (χ1) is 5.74. The van der Waals surface area contributed by atoms with Crippen molar-refractivity contribution in [2.75, 3.05) is 7.11 Å². The number of ether oxygens (including phenoxy) is 2. The van der Waals surface area contributed by atoms with Crippen LogP contribution in [0.2, 0.25) is 0 Å². The van der Waals surface area contributed by atoms with Gasteiger partial charge in [0, 0.05) is 7.11 Å². The van der Waals surface area contributed by atoms with E-state index in [2.05, 4.69) is 5.73 Å². The molecular formula is C10H14O2. The summed E-state index contributed by atoms with van der Waals surface area (Å²) >= 11 is 0. The minimum atomic E-state index is -0.0719. The zero-order valence-electron chi connectivity index (χ0n) is 7.70. The van der Waals surface area contributed by atoms with E-state index in [4.69, 9.17) is 9.47 Å². The summed E-state index contributed by atoms with van der Waals surface area (Å²) in [6, 6.07) is 0. The molecule has 1 unspecified atom stereocenters. The third-order valence-electron chi connectivity index (χ3n) is 1.50. The number of methoxy groups -OCH3 is 1. The van der Waals surface area contributed by atoms with Crippen molar-refractivity contribution in [2.24, 2.45) is 0 Å². The van der Waals surface area contributed by atoms with Gasteiger partial charge in [0.1, 0.15) is 11.9 Å². The second kappa shape index (κ2) is 4.15. The highest BCUT2D eigenvalue weighted by Crippen LogP contribution is 2.14. The quantitative estimate of drug-likeness (QED) is 0.597. The van der Waals surface area contributed by atoms with Crippen LogP contribution in [0.3, 0.4) is 0 Å². The van der Waals surface area contributed by atoms with Crippen molar-refractivity contribution >= 4 is 0 Å². The molecule has 0 aromatic heterocycles. The molecule has 0 N–H and O–H groups in total. The Bertz CT molecular complexity index is 232. The van der Waals surface area contributed by atoms with E-state index in [0.717, 1.165) is 5.76 Å². The molecule has 2 heteroatoms. The van der Waals surface area contributed by atoms with Crippen LogP contribution in [-0.2, 0) is 9.47 Å². The van der Waals surface area contributed by atoms with E-state index in [1.807, 2.05) is 32.1 Å². The summed E-state index contributed by atoms with van der Waals surface area (Å²) in [5.41, 5.74) is 2.96. The van der Waals surface area contributed by atoms with E-state index in [-0.39, 0.29) is 12.2 Å². The van der Waals surface area contributed by atoms with Gasteiger partial charge in [0.05, 0.1) is 6.10 Å². The lowest BCUT2D eigenvalue weighted by atomic mass is 10.2. The van der Waals surface area contributed by atoms with Crippen molar-refractivity contribution in [3.05, 3.63) is 29.7 Å². The SMILES string of the molecule is COC1C=C=CC=C1OC(C)C. The molecule has 1 aliphatic rings. The Morgan fingerprint density at radius 3 is 2.83 bits per heavy atom. The van der Waals surface area contributed by atoms with Crippen LogP contribution in [0.15, 0.2) is 29.7 Å². The first kappa shape index (κ1) is 9.11. The van der Waals surface area contributed by atoms with Gasteiger partial charge in [-0.05, 0) is 32.1 Å².